The minimum atomic E-state index is -0.372. The number of carbonyl (C=O) groups is 2. The third-order valence-electron chi connectivity index (χ3n) is 4.58. The molecule has 0 saturated heterocycles. The Bertz CT molecular complexity index is 1220. The molecule has 4 rings (SSSR count). The molecule has 0 radical (unpaired) electrons. The predicted octanol–water partition coefficient (Wildman–Crippen LogP) is 4.95. The van der Waals surface area contributed by atoms with Crippen molar-refractivity contribution >= 4 is 29.1 Å². The maximum absolute atomic E-state index is 12.7. The van der Waals surface area contributed by atoms with Gasteiger partial charge in [-0.15, -0.1) is 0 Å². The highest BCUT2D eigenvalue weighted by Crippen LogP contribution is 2.23. The number of carbonyl (C=O) groups excluding carboxylic acids is 2. The number of hydrogen-bond donors (Lipinski definition) is 3. The molecule has 3 N–H and O–H groups in total. The monoisotopic (exact) mass is 439 g/mol. The van der Waals surface area contributed by atoms with Crippen LogP contribution in [-0.2, 0) is 6.61 Å². The first-order valence-electron chi connectivity index (χ1n) is 10.2. The van der Waals surface area contributed by atoms with Crippen molar-refractivity contribution in [2.24, 2.45) is 0 Å². The summed E-state index contributed by atoms with van der Waals surface area (Å²) in [4.78, 5) is 33.0. The zero-order valence-corrected chi connectivity index (χ0v) is 17.6. The molecule has 8 nitrogen and oxygen atoms in total. The highest BCUT2D eigenvalue weighted by Gasteiger charge is 2.12. The Hall–Kier alpha value is -4.72. The molecule has 3 amide bonds. The van der Waals surface area contributed by atoms with Crippen LogP contribution >= 0.6 is 0 Å². The van der Waals surface area contributed by atoms with Crippen LogP contribution in [0.4, 0.5) is 22.0 Å². The molecular formula is C25H21N5O3. The summed E-state index contributed by atoms with van der Waals surface area (Å²) < 4.78 is 5.81. The Morgan fingerprint density at radius 3 is 2.15 bits per heavy atom. The van der Waals surface area contributed by atoms with E-state index in [4.69, 9.17) is 4.74 Å². The van der Waals surface area contributed by atoms with E-state index in [1.54, 1.807) is 67.1 Å². The number of aromatic nitrogens is 2. The summed E-state index contributed by atoms with van der Waals surface area (Å²) in [6.07, 6.45) is 4.95. The Balaban J connectivity index is 1.35. The van der Waals surface area contributed by atoms with Crippen molar-refractivity contribution in [3.05, 3.63) is 109 Å². The molecule has 0 fully saturated rings. The molecule has 0 saturated carbocycles. The highest BCUT2D eigenvalue weighted by molar-refractivity contribution is 6.05. The number of amides is 3. The first kappa shape index (κ1) is 21.5. The smallest absolute Gasteiger partial charge is 0.323 e. The first-order chi connectivity index (χ1) is 16.2. The van der Waals surface area contributed by atoms with Gasteiger partial charge in [0, 0.05) is 35.5 Å². The number of rotatable bonds is 7. The van der Waals surface area contributed by atoms with Gasteiger partial charge in [-0.25, -0.2) is 9.78 Å². The summed E-state index contributed by atoms with van der Waals surface area (Å²) >= 11 is 0. The van der Waals surface area contributed by atoms with Gasteiger partial charge in [0.05, 0.1) is 0 Å². The lowest BCUT2D eigenvalue weighted by molar-refractivity contribution is 0.102. The van der Waals surface area contributed by atoms with Crippen LogP contribution in [0.5, 0.6) is 5.75 Å². The largest absolute Gasteiger partial charge is 0.485 e. The van der Waals surface area contributed by atoms with Gasteiger partial charge in [-0.1, -0.05) is 18.2 Å². The van der Waals surface area contributed by atoms with E-state index in [2.05, 4.69) is 25.9 Å². The van der Waals surface area contributed by atoms with Gasteiger partial charge in [-0.3, -0.25) is 9.78 Å². The number of urea groups is 1. The zero-order chi connectivity index (χ0) is 22.9. The molecule has 2 aromatic carbocycles. The molecule has 0 unspecified atom stereocenters. The van der Waals surface area contributed by atoms with Crippen LogP contribution in [0.3, 0.4) is 0 Å². The van der Waals surface area contributed by atoms with Crippen LogP contribution in [0.15, 0.2) is 97.5 Å². The van der Waals surface area contributed by atoms with Crippen molar-refractivity contribution in [2.75, 3.05) is 16.0 Å². The molecule has 0 atom stereocenters. The topological polar surface area (TPSA) is 105 Å². The molecule has 0 aliphatic carbocycles. The number of nitrogens with zero attached hydrogens (tertiary/aromatic N) is 2. The van der Waals surface area contributed by atoms with Gasteiger partial charge < -0.3 is 20.7 Å². The average Bonchev–Trinajstić information content (AvgIpc) is 2.85. The summed E-state index contributed by atoms with van der Waals surface area (Å²) in [5, 5.41) is 8.23. The number of pyridine rings is 2. The lowest BCUT2D eigenvalue weighted by Gasteiger charge is -2.12. The Morgan fingerprint density at radius 1 is 0.727 bits per heavy atom. The van der Waals surface area contributed by atoms with Gasteiger partial charge in [0.25, 0.3) is 5.91 Å². The van der Waals surface area contributed by atoms with Crippen LogP contribution in [-0.4, -0.2) is 21.9 Å². The van der Waals surface area contributed by atoms with Crippen molar-refractivity contribution in [3.63, 3.8) is 0 Å². The fourth-order valence-corrected chi connectivity index (χ4v) is 2.94. The summed E-state index contributed by atoms with van der Waals surface area (Å²) in [7, 11) is 0. The molecule has 0 aliphatic rings. The normalized spacial score (nSPS) is 10.2. The van der Waals surface area contributed by atoms with Crippen molar-refractivity contribution in [3.8, 4) is 5.75 Å². The SMILES string of the molecule is O=C(Nc1ccccc1)Nc1ccc(C(=O)Nc2ncccc2OCc2ccncc2)cc1. The Morgan fingerprint density at radius 2 is 1.42 bits per heavy atom. The van der Waals surface area contributed by atoms with Crippen LogP contribution in [0, 0.1) is 0 Å². The Labute approximate surface area is 190 Å². The second kappa shape index (κ2) is 10.5. The summed E-state index contributed by atoms with van der Waals surface area (Å²) in [6, 6.07) is 22.5. The van der Waals surface area contributed by atoms with E-state index in [0.29, 0.717) is 35.1 Å². The fourth-order valence-electron chi connectivity index (χ4n) is 2.94. The number of nitrogens with one attached hydrogen (secondary N) is 3. The fraction of sp³-hybridized carbons (Fsp3) is 0.0400. The lowest BCUT2D eigenvalue weighted by atomic mass is 10.2. The number of anilines is 3. The summed E-state index contributed by atoms with van der Waals surface area (Å²) in [5.74, 6) is 0.433. The van der Waals surface area contributed by atoms with Gasteiger partial charge in [0.1, 0.15) is 6.61 Å². The third kappa shape index (κ3) is 6.14. The van der Waals surface area contributed by atoms with Crippen molar-refractivity contribution in [1.82, 2.24) is 9.97 Å². The summed E-state index contributed by atoms with van der Waals surface area (Å²) in [6.45, 7) is 0.322. The number of ether oxygens (including phenoxy) is 1. The molecule has 164 valence electrons. The highest BCUT2D eigenvalue weighted by atomic mass is 16.5. The molecule has 0 spiro atoms. The maximum Gasteiger partial charge on any atom is 0.323 e. The number of para-hydroxylation sites is 1. The third-order valence-corrected chi connectivity index (χ3v) is 4.58. The zero-order valence-electron chi connectivity index (χ0n) is 17.6. The molecule has 2 aromatic heterocycles. The Kier molecular flexibility index (Phi) is 6.87. The van der Waals surface area contributed by atoms with Crippen LogP contribution < -0.4 is 20.7 Å². The van der Waals surface area contributed by atoms with Gasteiger partial charge in [0.2, 0.25) is 0 Å². The predicted molar refractivity (Wildman–Crippen MR) is 126 cm³/mol. The van der Waals surface area contributed by atoms with E-state index >= 15 is 0 Å². The van der Waals surface area contributed by atoms with E-state index in [9.17, 15) is 9.59 Å². The first-order valence-corrected chi connectivity index (χ1v) is 10.2. The molecule has 8 heteroatoms. The second-order valence-electron chi connectivity index (χ2n) is 6.97. The van der Waals surface area contributed by atoms with E-state index in [1.807, 2.05) is 30.3 Å². The van der Waals surface area contributed by atoms with Gasteiger partial charge >= 0.3 is 6.03 Å². The van der Waals surface area contributed by atoms with Crippen molar-refractivity contribution < 1.29 is 14.3 Å². The van der Waals surface area contributed by atoms with E-state index in [-0.39, 0.29) is 11.9 Å². The van der Waals surface area contributed by atoms with Gasteiger partial charge in [0.15, 0.2) is 11.6 Å². The molecule has 4 aromatic rings. The quantitative estimate of drug-likeness (QED) is 0.378. The molecule has 0 aliphatic heterocycles. The van der Waals surface area contributed by atoms with Crippen molar-refractivity contribution in [2.45, 2.75) is 6.61 Å². The van der Waals surface area contributed by atoms with E-state index in [1.165, 1.54) is 0 Å². The second-order valence-corrected chi connectivity index (χ2v) is 6.97. The van der Waals surface area contributed by atoms with E-state index < -0.39 is 0 Å². The van der Waals surface area contributed by atoms with Gasteiger partial charge in [-0.05, 0) is 66.2 Å². The van der Waals surface area contributed by atoms with E-state index in [0.717, 1.165) is 5.56 Å². The summed E-state index contributed by atoms with van der Waals surface area (Å²) in [5.41, 5.74) is 2.60. The minimum absolute atomic E-state index is 0.320. The van der Waals surface area contributed by atoms with Crippen molar-refractivity contribution in [1.29, 1.82) is 0 Å². The number of benzene rings is 2. The maximum atomic E-state index is 12.7. The minimum Gasteiger partial charge on any atom is -0.485 e. The molecular weight excluding hydrogens is 418 g/mol. The van der Waals surface area contributed by atoms with Gasteiger partial charge in [-0.2, -0.15) is 0 Å². The van der Waals surface area contributed by atoms with Crippen LogP contribution in [0.1, 0.15) is 15.9 Å². The lowest BCUT2D eigenvalue weighted by Crippen LogP contribution is -2.19. The standard InChI is InChI=1S/C25H21N5O3/c31-24(30-23-22(7-4-14-27-23)33-17-18-12-15-26-16-13-18)19-8-10-21(11-9-19)29-25(32)28-20-5-2-1-3-6-20/h1-16H,17H2,(H,27,30,31)(H2,28,29,32). The molecule has 2 heterocycles. The van der Waals surface area contributed by atoms with Crippen LogP contribution in [0.25, 0.3) is 0 Å². The number of hydrogen-bond acceptors (Lipinski definition) is 5. The average molecular weight is 439 g/mol. The molecule has 0 bridgehead atoms. The van der Waals surface area contributed by atoms with Crippen LogP contribution in [0.2, 0.25) is 0 Å². The molecule has 33 heavy (non-hydrogen) atoms.